The minimum Gasteiger partial charge on any atom is -0.348 e. The van der Waals surface area contributed by atoms with Crippen molar-refractivity contribution < 1.29 is 9.59 Å². The second-order valence-corrected chi connectivity index (χ2v) is 10.4. The van der Waals surface area contributed by atoms with Crippen molar-refractivity contribution in [2.75, 3.05) is 13.1 Å². The number of aromatic nitrogens is 4. The van der Waals surface area contributed by atoms with E-state index in [2.05, 4.69) is 15.4 Å². The van der Waals surface area contributed by atoms with Gasteiger partial charge >= 0.3 is 0 Å². The average Bonchev–Trinajstić information content (AvgIpc) is 3.48. The molecule has 198 valence electrons. The molecule has 1 fully saturated rings. The van der Waals surface area contributed by atoms with Crippen LogP contribution in [0.5, 0.6) is 0 Å². The molecule has 0 bridgehead atoms. The van der Waals surface area contributed by atoms with E-state index in [1.807, 2.05) is 66.8 Å². The lowest BCUT2D eigenvalue weighted by Crippen LogP contribution is -2.51. The molecule has 1 N–H and O–H groups in total. The highest BCUT2D eigenvalue weighted by Gasteiger charge is 2.35. The molecule has 0 spiro atoms. The van der Waals surface area contributed by atoms with E-state index >= 15 is 0 Å². The van der Waals surface area contributed by atoms with Crippen LogP contribution in [0.15, 0.2) is 48.8 Å². The Labute approximate surface area is 231 Å². The van der Waals surface area contributed by atoms with Crippen LogP contribution >= 0.6 is 23.2 Å². The summed E-state index contributed by atoms with van der Waals surface area (Å²) in [6, 6.07) is 13.3. The summed E-state index contributed by atoms with van der Waals surface area (Å²) in [6.07, 6.45) is 2.89. The number of hydrogen-bond donors (Lipinski definition) is 1. The Morgan fingerprint density at radius 1 is 1.13 bits per heavy atom. The normalized spacial score (nSPS) is 17.7. The van der Waals surface area contributed by atoms with Gasteiger partial charge in [0.05, 0.1) is 28.1 Å². The molecule has 3 heterocycles. The van der Waals surface area contributed by atoms with E-state index in [0.717, 1.165) is 11.1 Å². The van der Waals surface area contributed by atoms with E-state index < -0.39 is 0 Å². The topological polar surface area (TPSA) is 85.1 Å². The molecule has 38 heavy (non-hydrogen) atoms. The van der Waals surface area contributed by atoms with Crippen LogP contribution in [0.3, 0.4) is 0 Å². The molecule has 0 radical (unpaired) electrons. The van der Waals surface area contributed by atoms with Crippen molar-refractivity contribution in [1.82, 2.24) is 29.5 Å². The zero-order valence-electron chi connectivity index (χ0n) is 21.6. The molecule has 0 saturated carbocycles. The Morgan fingerprint density at radius 2 is 1.89 bits per heavy atom. The third-order valence-corrected chi connectivity index (χ3v) is 7.97. The maximum atomic E-state index is 13.6. The zero-order chi connectivity index (χ0) is 27.0. The van der Waals surface area contributed by atoms with Crippen LogP contribution in [0.1, 0.15) is 58.2 Å². The minimum atomic E-state index is -0.231. The third kappa shape index (κ3) is 4.78. The van der Waals surface area contributed by atoms with Gasteiger partial charge in [-0.25, -0.2) is 4.98 Å². The first-order valence-electron chi connectivity index (χ1n) is 12.8. The predicted octanol–water partition coefficient (Wildman–Crippen LogP) is 5.09. The molecule has 4 aromatic rings. The molecule has 5 rings (SSSR count). The summed E-state index contributed by atoms with van der Waals surface area (Å²) in [6.45, 7) is 5.44. The van der Waals surface area contributed by atoms with E-state index in [0.29, 0.717) is 65.0 Å². The molecule has 1 aliphatic heterocycles. The van der Waals surface area contributed by atoms with Crippen molar-refractivity contribution in [3.63, 3.8) is 0 Å². The Hall–Kier alpha value is -3.36. The van der Waals surface area contributed by atoms with Gasteiger partial charge in [0.25, 0.3) is 11.8 Å². The fraction of sp³-hybridized carbons (Fsp3) is 0.357. The lowest BCUT2D eigenvalue weighted by molar-refractivity contribution is 0.0671. The smallest absolute Gasteiger partial charge is 0.256 e. The fourth-order valence-corrected chi connectivity index (χ4v) is 5.87. The average molecular weight is 553 g/mol. The summed E-state index contributed by atoms with van der Waals surface area (Å²) in [7, 11) is 1.87. The van der Waals surface area contributed by atoms with Gasteiger partial charge in [-0.2, -0.15) is 5.10 Å². The number of fused-ring (bicyclic) bond motifs is 1. The van der Waals surface area contributed by atoms with Gasteiger partial charge in [0, 0.05) is 44.2 Å². The standard InChI is InChI=1S/C28H30Cl2N6O2/c1-4-21-24(26(30)36(5-2)33-21)27(37)32-22-11-12-35(15-19(22)17-9-7-6-8-10-17)28(38)18-13-20(29)25-23(14-18)34(3)16-31-25/h6-10,13-14,16,19,22H,4-5,11-12,15H2,1-3H3,(H,32,37)/t19-,22-/m1/s1. The minimum absolute atomic E-state index is 0.0961. The van der Waals surface area contributed by atoms with Crippen molar-refractivity contribution in [1.29, 1.82) is 0 Å². The summed E-state index contributed by atoms with van der Waals surface area (Å²) >= 11 is 13.0. The number of imidazole rings is 1. The van der Waals surface area contributed by atoms with Crippen LogP contribution in [0.2, 0.25) is 10.2 Å². The lowest BCUT2D eigenvalue weighted by atomic mass is 9.85. The third-order valence-electron chi connectivity index (χ3n) is 7.30. The first kappa shape index (κ1) is 26.3. The SMILES string of the molecule is CCc1nn(CC)c(Cl)c1C(=O)N[C@@H]1CCN(C(=O)c2cc(Cl)c3ncn(C)c3c2)C[C@@H]1c1ccccc1. The summed E-state index contributed by atoms with van der Waals surface area (Å²) < 4.78 is 3.50. The summed E-state index contributed by atoms with van der Waals surface area (Å²) in [4.78, 5) is 33.3. The van der Waals surface area contributed by atoms with Gasteiger partial charge < -0.3 is 14.8 Å². The fourth-order valence-electron chi connectivity index (χ4n) is 5.25. The van der Waals surface area contributed by atoms with Gasteiger partial charge in [0.1, 0.15) is 10.7 Å². The Kier molecular flexibility index (Phi) is 7.45. The lowest BCUT2D eigenvalue weighted by Gasteiger charge is -2.39. The number of benzene rings is 2. The number of rotatable bonds is 6. The van der Waals surface area contributed by atoms with Crippen LogP contribution in [-0.2, 0) is 20.0 Å². The number of hydrogen-bond acceptors (Lipinski definition) is 4. The highest BCUT2D eigenvalue weighted by Crippen LogP contribution is 2.31. The molecule has 2 atom stereocenters. The van der Waals surface area contributed by atoms with E-state index in [4.69, 9.17) is 23.2 Å². The van der Waals surface area contributed by atoms with Crippen molar-refractivity contribution in [3.05, 3.63) is 81.4 Å². The molecule has 2 aromatic carbocycles. The van der Waals surface area contributed by atoms with Crippen molar-refractivity contribution >= 4 is 46.0 Å². The molecule has 10 heteroatoms. The van der Waals surface area contributed by atoms with Crippen LogP contribution in [-0.4, -0.2) is 55.2 Å². The van der Waals surface area contributed by atoms with Crippen molar-refractivity contribution in [3.8, 4) is 0 Å². The predicted molar refractivity (Wildman–Crippen MR) is 149 cm³/mol. The number of nitrogens with one attached hydrogen (secondary N) is 1. The number of nitrogens with zero attached hydrogens (tertiary/aromatic N) is 5. The molecule has 2 amide bonds. The quantitative estimate of drug-likeness (QED) is 0.361. The van der Waals surface area contributed by atoms with Gasteiger partial charge in [-0.15, -0.1) is 0 Å². The van der Waals surface area contributed by atoms with E-state index in [-0.39, 0.29) is 23.8 Å². The van der Waals surface area contributed by atoms with Crippen LogP contribution in [0.4, 0.5) is 0 Å². The number of carbonyl (C=O) groups excluding carboxylic acids is 2. The Bertz CT molecular complexity index is 1500. The van der Waals surface area contributed by atoms with Crippen LogP contribution < -0.4 is 5.32 Å². The number of carbonyl (C=O) groups is 2. The van der Waals surface area contributed by atoms with Crippen molar-refractivity contribution in [2.45, 2.75) is 45.2 Å². The van der Waals surface area contributed by atoms with Gasteiger partial charge in [-0.3, -0.25) is 14.3 Å². The van der Waals surface area contributed by atoms with Gasteiger partial charge in [-0.1, -0.05) is 60.5 Å². The number of aryl methyl sites for hydroxylation is 3. The highest BCUT2D eigenvalue weighted by molar-refractivity contribution is 6.35. The maximum absolute atomic E-state index is 13.6. The Morgan fingerprint density at radius 3 is 2.61 bits per heavy atom. The Balaban J connectivity index is 1.42. The molecule has 0 aliphatic carbocycles. The molecule has 1 aliphatic rings. The van der Waals surface area contributed by atoms with E-state index in [9.17, 15) is 9.59 Å². The monoisotopic (exact) mass is 552 g/mol. The molecule has 1 saturated heterocycles. The molecule has 0 unspecified atom stereocenters. The van der Waals surface area contributed by atoms with Gasteiger partial charge in [-0.05, 0) is 37.5 Å². The largest absolute Gasteiger partial charge is 0.348 e. The second kappa shape index (κ2) is 10.8. The van der Waals surface area contributed by atoms with Crippen molar-refractivity contribution in [2.24, 2.45) is 7.05 Å². The number of likely N-dealkylation sites (tertiary alicyclic amines) is 1. The molecule has 8 nitrogen and oxygen atoms in total. The van der Waals surface area contributed by atoms with Gasteiger partial charge in [0.15, 0.2) is 0 Å². The van der Waals surface area contributed by atoms with E-state index in [1.54, 1.807) is 17.1 Å². The summed E-state index contributed by atoms with van der Waals surface area (Å²) in [5.41, 5.74) is 4.17. The highest BCUT2D eigenvalue weighted by atomic mass is 35.5. The summed E-state index contributed by atoms with van der Waals surface area (Å²) in [5, 5.41) is 8.52. The summed E-state index contributed by atoms with van der Waals surface area (Å²) in [5.74, 6) is -0.425. The zero-order valence-corrected chi connectivity index (χ0v) is 23.1. The maximum Gasteiger partial charge on any atom is 0.256 e. The second-order valence-electron chi connectivity index (χ2n) is 9.60. The number of halogens is 2. The number of piperidine rings is 1. The molecule has 2 aromatic heterocycles. The van der Waals surface area contributed by atoms with E-state index in [1.165, 1.54) is 0 Å². The van der Waals surface area contributed by atoms with Crippen LogP contribution in [0, 0.1) is 0 Å². The number of amides is 2. The van der Waals surface area contributed by atoms with Gasteiger partial charge in [0.2, 0.25) is 0 Å². The van der Waals surface area contributed by atoms with Crippen LogP contribution in [0.25, 0.3) is 11.0 Å². The first-order valence-corrected chi connectivity index (χ1v) is 13.6. The first-order chi connectivity index (χ1) is 18.3. The molecular formula is C28H30Cl2N6O2. The molecular weight excluding hydrogens is 523 g/mol.